The molecule has 0 spiro atoms. The second-order valence-electron chi connectivity index (χ2n) is 5.05. The zero-order valence-electron chi connectivity index (χ0n) is 10.4. The van der Waals surface area contributed by atoms with Gasteiger partial charge in [0.2, 0.25) is 0 Å². The highest BCUT2D eigenvalue weighted by Gasteiger charge is 2.21. The lowest BCUT2D eigenvalue weighted by molar-refractivity contribution is 1.05. The molecule has 6 heteroatoms. The van der Waals surface area contributed by atoms with Crippen LogP contribution in [-0.4, -0.2) is 41.5 Å². The minimum Gasteiger partial charge on any atom is -0.361 e. The van der Waals surface area contributed by atoms with Crippen molar-refractivity contribution in [3.63, 3.8) is 0 Å². The maximum Gasteiger partial charge on any atom is 0.159 e. The first-order valence-corrected chi connectivity index (χ1v) is 8.72. The van der Waals surface area contributed by atoms with Crippen molar-refractivity contribution in [1.82, 2.24) is 19.2 Å². The Morgan fingerprint density at radius 3 is 2.38 bits per heavy atom. The molecule has 0 N–H and O–H groups in total. The third-order valence-corrected chi connectivity index (χ3v) is 4.23. The summed E-state index contributed by atoms with van der Waals surface area (Å²) < 4.78 is 2.21. The number of imidazole rings is 1. The molecule has 0 bridgehead atoms. The Bertz CT molecular complexity index is 511. The Hall–Kier alpha value is -1.43. The summed E-state index contributed by atoms with van der Waals surface area (Å²) in [6.07, 6.45) is 3.49. The van der Waals surface area contributed by atoms with Crippen LogP contribution in [-0.2, 0) is 0 Å². The van der Waals surface area contributed by atoms with Crippen LogP contribution in [0.15, 0.2) is 12.7 Å². The first kappa shape index (κ1) is 11.1. The molecule has 86 valence electrons. The van der Waals surface area contributed by atoms with Crippen LogP contribution in [0.4, 0.5) is 5.82 Å². The summed E-state index contributed by atoms with van der Waals surface area (Å²) in [6.45, 7) is 6.81. The second-order valence-corrected chi connectivity index (χ2v) is 9.87. The molecule has 2 aromatic rings. The Morgan fingerprint density at radius 2 is 1.81 bits per heavy atom. The largest absolute Gasteiger partial charge is 0.361 e. The van der Waals surface area contributed by atoms with E-state index in [0.717, 1.165) is 17.0 Å². The first-order valence-electron chi connectivity index (χ1n) is 5.27. The molecule has 0 aliphatic carbocycles. The van der Waals surface area contributed by atoms with Gasteiger partial charge >= 0.3 is 0 Å². The van der Waals surface area contributed by atoms with Crippen molar-refractivity contribution in [2.45, 2.75) is 19.6 Å². The molecular weight excluding hydrogens is 218 g/mol. The maximum atomic E-state index is 4.44. The number of aromatic nitrogens is 4. The topological polar surface area (TPSA) is 46.8 Å². The molecule has 0 aliphatic rings. The highest BCUT2D eigenvalue weighted by molar-refractivity contribution is 6.75. The zero-order valence-corrected chi connectivity index (χ0v) is 11.4. The molecule has 0 atom stereocenters. The predicted octanol–water partition coefficient (Wildman–Crippen LogP) is 1.58. The van der Waals surface area contributed by atoms with Crippen molar-refractivity contribution in [3.05, 3.63) is 12.7 Å². The lowest BCUT2D eigenvalue weighted by atomic mass is 10.5. The van der Waals surface area contributed by atoms with E-state index in [1.807, 2.05) is 25.3 Å². The fourth-order valence-electron chi connectivity index (χ4n) is 1.64. The second kappa shape index (κ2) is 3.55. The van der Waals surface area contributed by atoms with Gasteiger partial charge in [0.25, 0.3) is 0 Å². The Kier molecular flexibility index (Phi) is 2.45. The molecule has 0 unspecified atom stereocenters. The number of fused-ring (bicyclic) bond motifs is 1. The van der Waals surface area contributed by atoms with Gasteiger partial charge in [0.15, 0.2) is 19.7 Å². The van der Waals surface area contributed by atoms with E-state index in [9.17, 15) is 0 Å². The quantitative estimate of drug-likeness (QED) is 0.741. The number of nitrogens with zero attached hydrogens (tertiary/aromatic N) is 5. The summed E-state index contributed by atoms with van der Waals surface area (Å²) in [5.41, 5.74) is 1.83. The molecule has 2 heterocycles. The van der Waals surface area contributed by atoms with Crippen molar-refractivity contribution < 1.29 is 0 Å². The normalized spacial score (nSPS) is 12.1. The van der Waals surface area contributed by atoms with Gasteiger partial charge in [-0.3, -0.25) is 0 Å². The van der Waals surface area contributed by atoms with E-state index >= 15 is 0 Å². The van der Waals surface area contributed by atoms with Gasteiger partial charge in [-0.2, -0.15) is 0 Å². The third kappa shape index (κ3) is 1.69. The summed E-state index contributed by atoms with van der Waals surface area (Å²) in [4.78, 5) is 15.0. The summed E-state index contributed by atoms with van der Waals surface area (Å²) in [5, 5.41) is 0. The van der Waals surface area contributed by atoms with Crippen molar-refractivity contribution in [3.8, 4) is 0 Å². The minimum atomic E-state index is -1.46. The SMILES string of the molecule is CN(C)c1ncnc2c1ncn2[Si](C)(C)C. The average molecular weight is 235 g/mol. The Balaban J connectivity index is 2.71. The van der Waals surface area contributed by atoms with Crippen molar-refractivity contribution in [1.29, 1.82) is 0 Å². The number of rotatable bonds is 2. The van der Waals surface area contributed by atoms with Crippen LogP contribution in [0, 0.1) is 0 Å². The van der Waals surface area contributed by atoms with Crippen LogP contribution >= 0.6 is 0 Å². The predicted molar refractivity (Wildman–Crippen MR) is 68.4 cm³/mol. The van der Waals surface area contributed by atoms with Gasteiger partial charge in [-0.05, 0) is 0 Å². The smallest absolute Gasteiger partial charge is 0.159 e. The van der Waals surface area contributed by atoms with E-state index in [4.69, 9.17) is 0 Å². The van der Waals surface area contributed by atoms with E-state index < -0.39 is 8.24 Å². The molecule has 16 heavy (non-hydrogen) atoms. The van der Waals surface area contributed by atoms with Gasteiger partial charge in [-0.25, -0.2) is 15.0 Å². The Labute approximate surface area is 96.2 Å². The van der Waals surface area contributed by atoms with E-state index in [2.05, 4.69) is 38.8 Å². The molecule has 0 amide bonds. The van der Waals surface area contributed by atoms with Crippen LogP contribution in [0.1, 0.15) is 0 Å². The van der Waals surface area contributed by atoms with Gasteiger partial charge in [0.1, 0.15) is 11.8 Å². The van der Waals surface area contributed by atoms with Crippen molar-refractivity contribution in [2.75, 3.05) is 19.0 Å². The molecule has 0 radical (unpaired) electrons. The molecule has 0 aliphatic heterocycles. The van der Waals surface area contributed by atoms with Crippen molar-refractivity contribution >= 4 is 25.2 Å². The summed E-state index contributed by atoms with van der Waals surface area (Å²) >= 11 is 0. The van der Waals surface area contributed by atoms with Crippen LogP contribution in [0.2, 0.25) is 19.6 Å². The van der Waals surface area contributed by atoms with E-state index in [0.29, 0.717) is 0 Å². The van der Waals surface area contributed by atoms with Gasteiger partial charge < -0.3 is 9.13 Å². The summed E-state index contributed by atoms with van der Waals surface area (Å²) in [7, 11) is 2.48. The fourth-order valence-corrected chi connectivity index (χ4v) is 2.84. The van der Waals surface area contributed by atoms with Gasteiger partial charge in [-0.1, -0.05) is 19.6 Å². The average Bonchev–Trinajstić information content (AvgIpc) is 2.59. The lowest BCUT2D eigenvalue weighted by Crippen LogP contribution is -2.31. The molecule has 2 aromatic heterocycles. The molecule has 0 fully saturated rings. The summed E-state index contributed by atoms with van der Waals surface area (Å²) in [5.74, 6) is 0.877. The fraction of sp³-hybridized carbons (Fsp3) is 0.500. The van der Waals surface area contributed by atoms with Crippen LogP contribution in [0.3, 0.4) is 0 Å². The maximum absolute atomic E-state index is 4.44. The lowest BCUT2D eigenvalue weighted by Gasteiger charge is -2.18. The number of anilines is 1. The minimum absolute atomic E-state index is 0.877. The number of hydrogen-bond donors (Lipinski definition) is 0. The van der Waals surface area contributed by atoms with E-state index in [1.165, 1.54) is 0 Å². The van der Waals surface area contributed by atoms with Gasteiger partial charge in [0.05, 0.1) is 6.33 Å². The summed E-state index contributed by atoms with van der Waals surface area (Å²) in [6, 6.07) is 0. The highest BCUT2D eigenvalue weighted by Crippen LogP contribution is 2.21. The van der Waals surface area contributed by atoms with Crippen LogP contribution in [0.5, 0.6) is 0 Å². The highest BCUT2D eigenvalue weighted by atomic mass is 28.3. The molecule has 5 nitrogen and oxygen atoms in total. The first-order chi connectivity index (χ1) is 7.41. The van der Waals surface area contributed by atoms with Crippen molar-refractivity contribution in [2.24, 2.45) is 0 Å². The van der Waals surface area contributed by atoms with Gasteiger partial charge in [0, 0.05) is 14.1 Å². The molecule has 2 rings (SSSR count). The van der Waals surface area contributed by atoms with Crippen LogP contribution < -0.4 is 4.90 Å². The van der Waals surface area contributed by atoms with E-state index in [-0.39, 0.29) is 0 Å². The standard InChI is InChI=1S/C10H17N5Si/c1-14(2)9-8-10(12-6-11-9)15(7-13-8)16(3,4)5/h6-7H,1-5H3. The monoisotopic (exact) mass is 235 g/mol. The molecule has 0 aromatic carbocycles. The van der Waals surface area contributed by atoms with Crippen LogP contribution in [0.25, 0.3) is 11.2 Å². The van der Waals surface area contributed by atoms with Gasteiger partial charge in [-0.15, -0.1) is 0 Å². The van der Waals surface area contributed by atoms with E-state index in [1.54, 1.807) is 6.33 Å². The Morgan fingerprint density at radius 1 is 1.12 bits per heavy atom. The zero-order chi connectivity index (χ0) is 11.9. The third-order valence-electron chi connectivity index (χ3n) is 2.46. The molecule has 0 saturated carbocycles. The molecule has 0 saturated heterocycles. The number of hydrogen-bond acceptors (Lipinski definition) is 4. The molecular formula is C10H17N5Si.